The molecule has 2 heterocycles. The monoisotopic (exact) mass is 566 g/mol. The zero-order chi connectivity index (χ0) is 28.5. The summed E-state index contributed by atoms with van der Waals surface area (Å²) in [5.74, 6) is 0.986. The molecule has 202 valence electrons. The van der Waals surface area contributed by atoms with Gasteiger partial charge in [0, 0.05) is 25.9 Å². The van der Waals surface area contributed by atoms with Gasteiger partial charge in [-0.3, -0.25) is 4.57 Å². The fourth-order valence-corrected chi connectivity index (χ4v) is 7.99. The molecule has 3 heteroatoms. The molecule has 0 bridgehead atoms. The predicted octanol–water partition coefficient (Wildman–Crippen LogP) is 11.3. The molecule has 0 aliphatic rings. The first kappa shape index (κ1) is 24.4. The highest BCUT2D eigenvalue weighted by Crippen LogP contribution is 2.45. The molecular formula is C40H26N2S. The number of para-hydroxylation sites is 2. The summed E-state index contributed by atoms with van der Waals surface area (Å²) in [6, 6.07) is 50.8. The van der Waals surface area contributed by atoms with E-state index in [0.29, 0.717) is 0 Å². The van der Waals surface area contributed by atoms with Crippen LogP contribution in [0.5, 0.6) is 0 Å². The smallest absolute Gasteiger partial charge is 0.111 e. The molecule has 0 saturated carbocycles. The first-order valence-electron chi connectivity index (χ1n) is 14.6. The minimum absolute atomic E-state index is 0.986. The van der Waals surface area contributed by atoms with Gasteiger partial charge < -0.3 is 0 Å². The molecule has 0 N–H and O–H groups in total. The molecule has 0 radical (unpaired) electrons. The molecule has 2 nitrogen and oxygen atoms in total. The van der Waals surface area contributed by atoms with Gasteiger partial charge in [0.05, 0.1) is 11.0 Å². The summed E-state index contributed by atoms with van der Waals surface area (Å²) >= 11 is 1.87. The third-order valence-corrected chi connectivity index (χ3v) is 9.87. The molecule has 9 rings (SSSR count). The number of thiophene rings is 1. The second kappa shape index (κ2) is 9.38. The highest BCUT2D eigenvalue weighted by molar-refractivity contribution is 7.25. The zero-order valence-corrected chi connectivity index (χ0v) is 24.4. The van der Waals surface area contributed by atoms with E-state index in [2.05, 4.69) is 145 Å². The fraction of sp³-hybridized carbons (Fsp3) is 0.0250. The Morgan fingerprint density at radius 1 is 0.488 bits per heavy atom. The van der Waals surface area contributed by atoms with E-state index in [9.17, 15) is 0 Å². The lowest BCUT2D eigenvalue weighted by atomic mass is 9.85. The Balaban J connectivity index is 1.33. The molecular weight excluding hydrogens is 541 g/mol. The Kier molecular flexibility index (Phi) is 5.32. The molecule has 0 spiro atoms. The van der Waals surface area contributed by atoms with E-state index in [-0.39, 0.29) is 0 Å². The second-order valence-corrected chi connectivity index (χ2v) is 12.3. The van der Waals surface area contributed by atoms with Gasteiger partial charge in [0.1, 0.15) is 5.82 Å². The van der Waals surface area contributed by atoms with Crippen molar-refractivity contribution in [2.45, 2.75) is 6.92 Å². The van der Waals surface area contributed by atoms with Crippen molar-refractivity contribution in [3.05, 3.63) is 145 Å². The van der Waals surface area contributed by atoms with Gasteiger partial charge in [-0.1, -0.05) is 97.1 Å². The Bertz CT molecular complexity index is 2470. The van der Waals surface area contributed by atoms with E-state index in [0.717, 1.165) is 22.5 Å². The molecule has 0 fully saturated rings. The summed E-state index contributed by atoms with van der Waals surface area (Å²) in [5, 5.41) is 7.71. The molecule has 0 amide bonds. The lowest BCUT2D eigenvalue weighted by molar-refractivity contribution is 1.00. The van der Waals surface area contributed by atoms with Crippen molar-refractivity contribution in [1.29, 1.82) is 0 Å². The van der Waals surface area contributed by atoms with E-state index in [1.54, 1.807) is 0 Å². The maximum atomic E-state index is 4.84. The van der Waals surface area contributed by atoms with Crippen LogP contribution in [0, 0.1) is 6.92 Å². The van der Waals surface area contributed by atoms with E-state index in [1.165, 1.54) is 64.0 Å². The van der Waals surface area contributed by atoms with Crippen LogP contribution in [0.2, 0.25) is 0 Å². The number of imidazole rings is 1. The summed E-state index contributed by atoms with van der Waals surface area (Å²) in [4.78, 5) is 4.84. The summed E-state index contributed by atoms with van der Waals surface area (Å²) in [6.07, 6.45) is 0. The molecule has 0 saturated heterocycles. The highest BCUT2D eigenvalue weighted by atomic mass is 32.1. The maximum absolute atomic E-state index is 4.84. The van der Waals surface area contributed by atoms with Crippen LogP contribution >= 0.6 is 11.3 Å². The van der Waals surface area contributed by atoms with Crippen LogP contribution in [0.25, 0.3) is 80.7 Å². The number of fused-ring (bicyclic) bond motifs is 6. The van der Waals surface area contributed by atoms with Crippen LogP contribution in [0.1, 0.15) is 5.82 Å². The predicted molar refractivity (Wildman–Crippen MR) is 185 cm³/mol. The summed E-state index contributed by atoms with van der Waals surface area (Å²) in [5.41, 5.74) is 8.27. The van der Waals surface area contributed by atoms with Crippen molar-refractivity contribution < 1.29 is 0 Å². The summed E-state index contributed by atoms with van der Waals surface area (Å²) < 4.78 is 4.92. The van der Waals surface area contributed by atoms with Crippen LogP contribution in [0.3, 0.4) is 0 Å². The molecule has 9 aromatic rings. The van der Waals surface area contributed by atoms with Crippen LogP contribution < -0.4 is 0 Å². The lowest BCUT2D eigenvalue weighted by Crippen LogP contribution is -1.97. The van der Waals surface area contributed by atoms with Crippen molar-refractivity contribution in [3.63, 3.8) is 0 Å². The highest BCUT2D eigenvalue weighted by Gasteiger charge is 2.18. The number of hydrogen-bond donors (Lipinski definition) is 0. The van der Waals surface area contributed by atoms with Crippen LogP contribution in [-0.4, -0.2) is 9.55 Å². The van der Waals surface area contributed by atoms with Gasteiger partial charge in [-0.15, -0.1) is 11.3 Å². The third-order valence-electron chi connectivity index (χ3n) is 8.72. The molecule has 0 aliphatic carbocycles. The SMILES string of the molecule is Cc1nc2ccccc2n1-c1cccc(-c2c3ccccc3c(-c3ccc4sc5ccccc5c4c3)c3ccccc23)c1. The minimum Gasteiger partial charge on any atom is -0.297 e. The fourth-order valence-electron chi connectivity index (χ4n) is 6.90. The average molecular weight is 567 g/mol. The minimum atomic E-state index is 0.986. The summed E-state index contributed by atoms with van der Waals surface area (Å²) in [7, 11) is 0. The van der Waals surface area contributed by atoms with Crippen molar-refractivity contribution in [1.82, 2.24) is 9.55 Å². The Labute approximate surface area is 253 Å². The molecule has 0 unspecified atom stereocenters. The van der Waals surface area contributed by atoms with Gasteiger partial charge in [0.25, 0.3) is 0 Å². The van der Waals surface area contributed by atoms with Crippen molar-refractivity contribution in [3.8, 4) is 27.9 Å². The molecule has 0 atom stereocenters. The molecule has 2 aromatic heterocycles. The van der Waals surface area contributed by atoms with Gasteiger partial charge in [-0.25, -0.2) is 4.98 Å². The topological polar surface area (TPSA) is 17.8 Å². The molecule has 43 heavy (non-hydrogen) atoms. The maximum Gasteiger partial charge on any atom is 0.111 e. The van der Waals surface area contributed by atoms with Crippen LogP contribution in [0.4, 0.5) is 0 Å². The lowest BCUT2D eigenvalue weighted by Gasteiger charge is -2.18. The average Bonchev–Trinajstić information content (AvgIpc) is 3.60. The van der Waals surface area contributed by atoms with Gasteiger partial charge in [0.15, 0.2) is 0 Å². The standard InChI is InChI=1S/C40H26N2S/c1-25-41-35-18-7-8-19-36(35)42(25)28-12-10-11-26(23-28)39-30-14-2-4-16-32(30)40(33-17-5-3-15-31(33)39)27-21-22-38-34(24-27)29-13-6-9-20-37(29)43-38/h2-24H,1H3. The Morgan fingerprint density at radius 2 is 1.07 bits per heavy atom. The molecule has 7 aromatic carbocycles. The quantitative estimate of drug-likeness (QED) is 0.195. The van der Waals surface area contributed by atoms with Crippen molar-refractivity contribution in [2.24, 2.45) is 0 Å². The van der Waals surface area contributed by atoms with E-state index in [4.69, 9.17) is 4.98 Å². The van der Waals surface area contributed by atoms with E-state index in [1.807, 2.05) is 17.4 Å². The first-order valence-corrected chi connectivity index (χ1v) is 15.5. The number of aromatic nitrogens is 2. The van der Waals surface area contributed by atoms with Crippen LogP contribution in [-0.2, 0) is 0 Å². The number of aryl methyl sites for hydroxylation is 1. The third kappa shape index (κ3) is 3.68. The normalized spacial score (nSPS) is 11.8. The Morgan fingerprint density at radius 3 is 1.79 bits per heavy atom. The van der Waals surface area contributed by atoms with Gasteiger partial charge in [-0.05, 0) is 93.2 Å². The van der Waals surface area contributed by atoms with Crippen molar-refractivity contribution in [2.75, 3.05) is 0 Å². The number of rotatable bonds is 3. The van der Waals surface area contributed by atoms with E-state index >= 15 is 0 Å². The second-order valence-electron chi connectivity index (χ2n) is 11.2. The van der Waals surface area contributed by atoms with Gasteiger partial charge >= 0.3 is 0 Å². The van der Waals surface area contributed by atoms with Crippen LogP contribution in [0.15, 0.2) is 140 Å². The number of benzene rings is 7. The van der Waals surface area contributed by atoms with Gasteiger partial charge in [-0.2, -0.15) is 0 Å². The van der Waals surface area contributed by atoms with E-state index < -0.39 is 0 Å². The zero-order valence-electron chi connectivity index (χ0n) is 23.6. The Hall–Kier alpha value is -5.25. The largest absolute Gasteiger partial charge is 0.297 e. The van der Waals surface area contributed by atoms with Gasteiger partial charge in [0.2, 0.25) is 0 Å². The number of hydrogen-bond acceptors (Lipinski definition) is 2. The number of nitrogens with zero attached hydrogens (tertiary/aromatic N) is 2. The molecule has 0 aliphatic heterocycles. The first-order chi connectivity index (χ1) is 21.2. The van der Waals surface area contributed by atoms with Crippen molar-refractivity contribution >= 4 is 64.1 Å². The summed E-state index contributed by atoms with van der Waals surface area (Å²) in [6.45, 7) is 2.08.